The number of carbonyl (C=O) groups excluding carboxylic acids is 3. The summed E-state index contributed by atoms with van der Waals surface area (Å²) in [6.45, 7) is 3.66. The molecule has 0 fully saturated rings. The van der Waals surface area contributed by atoms with Crippen LogP contribution in [0.3, 0.4) is 0 Å². The maximum absolute atomic E-state index is 12.0. The van der Waals surface area contributed by atoms with Gasteiger partial charge in [-0.3, -0.25) is 20.2 Å². The van der Waals surface area contributed by atoms with Crippen molar-refractivity contribution in [2.45, 2.75) is 13.8 Å². The molecule has 0 aliphatic heterocycles. The van der Waals surface area contributed by atoms with Crippen molar-refractivity contribution in [3.8, 4) is 11.5 Å². The number of hydrogen-bond donors (Lipinski definition) is 2. The predicted molar refractivity (Wildman–Crippen MR) is 114 cm³/mol. The topological polar surface area (TPSA) is 146 Å². The van der Waals surface area contributed by atoms with Crippen molar-refractivity contribution in [3.05, 3.63) is 57.1 Å². The lowest BCUT2D eigenvalue weighted by atomic mass is 10.2. The Hall–Kier alpha value is -3.86. The molecule has 0 aliphatic carbocycles. The number of nitro benzene ring substituents is 1. The number of carbonyl (C=O) groups is 3. The highest BCUT2D eigenvalue weighted by atomic mass is 35.5. The standard InChI is InChI=1S/C20H20ClN3O8/c1-3-30-16-8-6-13(10-17(16)31-4-2)22-20(27)23-18(25)11-32-19(26)12-5-7-14(21)15(9-12)24(28)29/h5-10H,3-4,11H2,1-2H3,(H2,22,23,25,27). The highest BCUT2D eigenvalue weighted by Crippen LogP contribution is 2.30. The van der Waals surface area contributed by atoms with E-state index in [2.05, 4.69) is 5.32 Å². The number of urea groups is 1. The number of rotatable bonds is 9. The summed E-state index contributed by atoms with van der Waals surface area (Å²) in [7, 11) is 0. The summed E-state index contributed by atoms with van der Waals surface area (Å²) in [5.74, 6) is -0.973. The molecule has 32 heavy (non-hydrogen) atoms. The van der Waals surface area contributed by atoms with Crippen LogP contribution >= 0.6 is 11.6 Å². The maximum Gasteiger partial charge on any atom is 0.338 e. The van der Waals surface area contributed by atoms with Crippen molar-refractivity contribution in [1.82, 2.24) is 5.32 Å². The SMILES string of the molecule is CCOc1ccc(NC(=O)NC(=O)COC(=O)c2ccc(Cl)c([N+](=O)[O-])c2)cc1OCC. The lowest BCUT2D eigenvalue weighted by Gasteiger charge is -2.13. The second kappa shape index (κ2) is 11.5. The number of esters is 1. The molecule has 0 saturated heterocycles. The molecule has 2 aromatic rings. The van der Waals surface area contributed by atoms with Crippen LogP contribution in [0.15, 0.2) is 36.4 Å². The molecule has 2 aromatic carbocycles. The van der Waals surface area contributed by atoms with E-state index in [-0.39, 0.29) is 10.6 Å². The summed E-state index contributed by atoms with van der Waals surface area (Å²) in [5.41, 5.74) is -0.310. The van der Waals surface area contributed by atoms with E-state index in [0.717, 1.165) is 12.1 Å². The van der Waals surface area contributed by atoms with Gasteiger partial charge in [-0.05, 0) is 38.1 Å². The number of nitrogens with one attached hydrogen (secondary N) is 2. The number of nitro groups is 1. The monoisotopic (exact) mass is 465 g/mol. The molecule has 170 valence electrons. The van der Waals surface area contributed by atoms with Crippen molar-refractivity contribution in [2.24, 2.45) is 0 Å². The van der Waals surface area contributed by atoms with Gasteiger partial charge >= 0.3 is 12.0 Å². The molecule has 0 saturated carbocycles. The lowest BCUT2D eigenvalue weighted by Crippen LogP contribution is -2.37. The first-order valence-electron chi connectivity index (χ1n) is 9.36. The van der Waals surface area contributed by atoms with Crippen molar-refractivity contribution >= 4 is 40.9 Å². The number of amides is 3. The van der Waals surface area contributed by atoms with E-state index in [1.165, 1.54) is 12.1 Å². The van der Waals surface area contributed by atoms with Gasteiger partial charge in [0.1, 0.15) is 5.02 Å². The van der Waals surface area contributed by atoms with Crippen molar-refractivity contribution in [3.63, 3.8) is 0 Å². The van der Waals surface area contributed by atoms with Gasteiger partial charge in [0.2, 0.25) is 0 Å². The van der Waals surface area contributed by atoms with Crippen LogP contribution in [0, 0.1) is 10.1 Å². The van der Waals surface area contributed by atoms with Crippen molar-refractivity contribution in [1.29, 1.82) is 0 Å². The van der Waals surface area contributed by atoms with Gasteiger partial charge < -0.3 is 19.5 Å². The highest BCUT2D eigenvalue weighted by molar-refractivity contribution is 6.32. The highest BCUT2D eigenvalue weighted by Gasteiger charge is 2.18. The quantitative estimate of drug-likeness (QED) is 0.324. The largest absolute Gasteiger partial charge is 0.490 e. The molecule has 0 bridgehead atoms. The summed E-state index contributed by atoms with van der Waals surface area (Å²) in [6, 6.07) is 7.15. The minimum atomic E-state index is -0.992. The zero-order valence-electron chi connectivity index (χ0n) is 17.2. The third-order valence-corrected chi connectivity index (χ3v) is 4.09. The second-order valence-electron chi connectivity index (χ2n) is 6.03. The van der Waals surface area contributed by atoms with E-state index in [4.69, 9.17) is 25.8 Å². The van der Waals surface area contributed by atoms with Crippen LogP contribution in [-0.4, -0.2) is 42.7 Å². The molecule has 0 heterocycles. The smallest absolute Gasteiger partial charge is 0.338 e. The van der Waals surface area contributed by atoms with E-state index in [1.807, 2.05) is 12.2 Å². The number of halogens is 1. The number of ether oxygens (including phenoxy) is 3. The average molecular weight is 466 g/mol. The van der Waals surface area contributed by atoms with E-state index >= 15 is 0 Å². The second-order valence-corrected chi connectivity index (χ2v) is 6.44. The minimum Gasteiger partial charge on any atom is -0.490 e. The summed E-state index contributed by atoms with van der Waals surface area (Å²) in [5, 5.41) is 15.2. The molecule has 12 heteroatoms. The molecule has 0 atom stereocenters. The number of hydrogen-bond acceptors (Lipinski definition) is 8. The lowest BCUT2D eigenvalue weighted by molar-refractivity contribution is -0.384. The van der Waals surface area contributed by atoms with E-state index < -0.39 is 35.1 Å². The van der Waals surface area contributed by atoms with Crippen LogP contribution in [0.25, 0.3) is 0 Å². The Morgan fingerprint density at radius 1 is 1.03 bits per heavy atom. The Morgan fingerprint density at radius 2 is 1.72 bits per heavy atom. The van der Waals surface area contributed by atoms with Crippen molar-refractivity contribution < 1.29 is 33.5 Å². The fourth-order valence-electron chi connectivity index (χ4n) is 2.45. The maximum atomic E-state index is 12.0. The zero-order valence-corrected chi connectivity index (χ0v) is 17.9. The third kappa shape index (κ3) is 6.84. The van der Waals surface area contributed by atoms with Gasteiger partial charge in [0.25, 0.3) is 11.6 Å². The summed E-state index contributed by atoms with van der Waals surface area (Å²) in [4.78, 5) is 46.1. The van der Waals surface area contributed by atoms with Crippen LogP contribution in [-0.2, 0) is 9.53 Å². The predicted octanol–water partition coefficient (Wildman–Crippen LogP) is 3.55. The molecule has 2 rings (SSSR count). The third-order valence-electron chi connectivity index (χ3n) is 3.77. The molecular weight excluding hydrogens is 446 g/mol. The normalized spacial score (nSPS) is 10.1. The van der Waals surface area contributed by atoms with Gasteiger partial charge in [-0.2, -0.15) is 0 Å². The van der Waals surface area contributed by atoms with Gasteiger partial charge in [-0.1, -0.05) is 11.6 Å². The molecule has 3 amide bonds. The Kier molecular flexibility index (Phi) is 8.78. The molecule has 0 aromatic heterocycles. The molecule has 0 aliphatic rings. The molecule has 11 nitrogen and oxygen atoms in total. The number of benzene rings is 2. The fourth-order valence-corrected chi connectivity index (χ4v) is 2.63. The van der Waals surface area contributed by atoms with Gasteiger partial charge in [-0.25, -0.2) is 9.59 Å². The van der Waals surface area contributed by atoms with Crippen LogP contribution in [0.2, 0.25) is 5.02 Å². The van der Waals surface area contributed by atoms with Crippen LogP contribution < -0.4 is 20.1 Å². The number of imide groups is 1. The summed E-state index contributed by atoms with van der Waals surface area (Å²) in [6.07, 6.45) is 0. The number of nitrogens with zero attached hydrogens (tertiary/aromatic N) is 1. The zero-order chi connectivity index (χ0) is 23.7. The van der Waals surface area contributed by atoms with E-state index in [0.29, 0.717) is 30.4 Å². The molecular formula is C20H20ClN3O8. The number of anilines is 1. The van der Waals surface area contributed by atoms with E-state index in [9.17, 15) is 24.5 Å². The molecule has 0 radical (unpaired) electrons. The van der Waals surface area contributed by atoms with Gasteiger partial charge in [0, 0.05) is 17.8 Å². The van der Waals surface area contributed by atoms with Gasteiger partial charge in [0.05, 0.1) is 23.7 Å². The molecule has 0 spiro atoms. The Balaban J connectivity index is 1.91. The Bertz CT molecular complexity index is 1030. The average Bonchev–Trinajstić information content (AvgIpc) is 2.74. The summed E-state index contributed by atoms with van der Waals surface area (Å²) >= 11 is 5.68. The fraction of sp³-hybridized carbons (Fsp3) is 0.250. The first-order chi connectivity index (χ1) is 15.2. The first kappa shape index (κ1) is 24.4. The van der Waals surface area contributed by atoms with Gasteiger partial charge in [0.15, 0.2) is 18.1 Å². The van der Waals surface area contributed by atoms with Gasteiger partial charge in [-0.15, -0.1) is 0 Å². The van der Waals surface area contributed by atoms with Crippen LogP contribution in [0.4, 0.5) is 16.2 Å². The minimum absolute atomic E-state index is 0.150. The van der Waals surface area contributed by atoms with Crippen LogP contribution in [0.1, 0.15) is 24.2 Å². The summed E-state index contributed by atoms with van der Waals surface area (Å²) < 4.78 is 15.7. The van der Waals surface area contributed by atoms with E-state index in [1.54, 1.807) is 19.1 Å². The Morgan fingerprint density at radius 3 is 2.38 bits per heavy atom. The molecule has 0 unspecified atom stereocenters. The van der Waals surface area contributed by atoms with Crippen molar-refractivity contribution in [2.75, 3.05) is 25.1 Å². The Labute approximate surface area is 187 Å². The van der Waals surface area contributed by atoms with Crippen LogP contribution in [0.5, 0.6) is 11.5 Å². The molecule has 2 N–H and O–H groups in total. The first-order valence-corrected chi connectivity index (χ1v) is 9.74.